The predicted molar refractivity (Wildman–Crippen MR) is 81.1 cm³/mol. The van der Waals surface area contributed by atoms with Gasteiger partial charge in [0.15, 0.2) is 0 Å². The number of phenols is 1. The van der Waals surface area contributed by atoms with E-state index in [1.807, 2.05) is 37.3 Å². The van der Waals surface area contributed by atoms with Gasteiger partial charge in [0.05, 0.1) is 0 Å². The summed E-state index contributed by atoms with van der Waals surface area (Å²) < 4.78 is 0. The Morgan fingerprint density at radius 1 is 1.16 bits per heavy atom. The maximum absolute atomic E-state index is 9.25. The highest BCUT2D eigenvalue weighted by Gasteiger charge is 2.05. The summed E-state index contributed by atoms with van der Waals surface area (Å²) in [4.78, 5) is 0. The first-order chi connectivity index (χ1) is 9.04. The summed E-state index contributed by atoms with van der Waals surface area (Å²) >= 11 is 6.11. The van der Waals surface area contributed by atoms with Gasteiger partial charge < -0.3 is 10.4 Å². The van der Waals surface area contributed by atoms with Crippen molar-refractivity contribution in [2.45, 2.75) is 26.3 Å². The molecule has 19 heavy (non-hydrogen) atoms. The van der Waals surface area contributed by atoms with Gasteiger partial charge in [-0.3, -0.25) is 0 Å². The Hall–Kier alpha value is -1.67. The molecule has 0 aliphatic rings. The molecule has 0 radical (unpaired) electrons. The van der Waals surface area contributed by atoms with Gasteiger partial charge in [0.1, 0.15) is 5.75 Å². The van der Waals surface area contributed by atoms with Crippen molar-refractivity contribution in [1.29, 1.82) is 0 Å². The van der Waals surface area contributed by atoms with Gasteiger partial charge in [-0.05, 0) is 55.7 Å². The summed E-state index contributed by atoms with van der Waals surface area (Å²) in [7, 11) is 0. The lowest BCUT2D eigenvalue weighted by molar-refractivity contribution is 0.475. The van der Waals surface area contributed by atoms with Gasteiger partial charge in [0, 0.05) is 16.8 Å². The number of aryl methyl sites for hydroxylation is 1. The molecule has 0 amide bonds. The van der Waals surface area contributed by atoms with Crippen molar-refractivity contribution in [1.82, 2.24) is 0 Å². The normalized spacial score (nSPS) is 12.2. The van der Waals surface area contributed by atoms with E-state index in [0.717, 1.165) is 22.7 Å². The van der Waals surface area contributed by atoms with Crippen LogP contribution >= 0.6 is 11.6 Å². The van der Waals surface area contributed by atoms with Crippen LogP contribution in [0.4, 0.5) is 5.69 Å². The summed E-state index contributed by atoms with van der Waals surface area (Å²) in [5.41, 5.74) is 3.30. The van der Waals surface area contributed by atoms with Crippen molar-refractivity contribution in [2.75, 3.05) is 5.32 Å². The lowest BCUT2D eigenvalue weighted by Crippen LogP contribution is -2.17. The first-order valence-electron chi connectivity index (χ1n) is 6.35. The summed E-state index contributed by atoms with van der Waals surface area (Å²) in [6.45, 7) is 4.12. The maximum Gasteiger partial charge on any atom is 0.115 e. The minimum Gasteiger partial charge on any atom is -0.508 e. The lowest BCUT2D eigenvalue weighted by atomic mass is 10.1. The Morgan fingerprint density at radius 2 is 1.84 bits per heavy atom. The van der Waals surface area contributed by atoms with Crippen LogP contribution in [-0.4, -0.2) is 11.1 Å². The molecule has 2 nitrogen and oxygen atoms in total. The molecule has 2 aromatic carbocycles. The molecule has 0 aromatic heterocycles. The zero-order valence-electron chi connectivity index (χ0n) is 11.2. The molecule has 0 heterocycles. The molecule has 100 valence electrons. The van der Waals surface area contributed by atoms with Crippen molar-refractivity contribution < 1.29 is 5.11 Å². The maximum atomic E-state index is 9.25. The minimum absolute atomic E-state index is 0.295. The van der Waals surface area contributed by atoms with Crippen LogP contribution in [0.25, 0.3) is 0 Å². The van der Waals surface area contributed by atoms with Gasteiger partial charge in [-0.2, -0.15) is 0 Å². The Kier molecular flexibility index (Phi) is 4.33. The third kappa shape index (κ3) is 3.90. The van der Waals surface area contributed by atoms with Crippen LogP contribution < -0.4 is 5.32 Å². The van der Waals surface area contributed by atoms with Crippen molar-refractivity contribution >= 4 is 17.3 Å². The van der Waals surface area contributed by atoms with E-state index >= 15 is 0 Å². The van der Waals surface area contributed by atoms with Crippen molar-refractivity contribution in [3.63, 3.8) is 0 Å². The Morgan fingerprint density at radius 3 is 2.47 bits per heavy atom. The quantitative estimate of drug-likeness (QED) is 0.867. The number of hydrogen-bond donors (Lipinski definition) is 2. The number of anilines is 1. The molecule has 0 aliphatic heterocycles. The number of nitrogens with one attached hydrogen (secondary N) is 1. The third-order valence-corrected chi connectivity index (χ3v) is 3.47. The molecule has 0 spiro atoms. The second-order valence-corrected chi connectivity index (χ2v) is 5.29. The molecule has 1 atom stereocenters. The predicted octanol–water partition coefficient (Wildman–Crippen LogP) is 4.40. The van der Waals surface area contributed by atoms with E-state index in [4.69, 9.17) is 11.6 Å². The summed E-state index contributed by atoms with van der Waals surface area (Å²) in [5.74, 6) is 0.301. The van der Waals surface area contributed by atoms with E-state index < -0.39 is 0 Å². The molecule has 2 N–H and O–H groups in total. The first-order valence-corrected chi connectivity index (χ1v) is 6.73. The van der Waals surface area contributed by atoms with Crippen LogP contribution in [0.5, 0.6) is 5.75 Å². The van der Waals surface area contributed by atoms with Crippen LogP contribution in [0, 0.1) is 6.92 Å². The van der Waals surface area contributed by atoms with Gasteiger partial charge in [0.25, 0.3) is 0 Å². The molecular weight excluding hydrogens is 258 g/mol. The number of benzene rings is 2. The van der Waals surface area contributed by atoms with Crippen molar-refractivity contribution in [3.8, 4) is 5.75 Å². The summed E-state index contributed by atoms with van der Waals surface area (Å²) in [6.07, 6.45) is 0.895. The number of hydrogen-bond acceptors (Lipinski definition) is 2. The number of phenolic OH excluding ortho intramolecular Hbond substituents is 1. The third-order valence-electron chi connectivity index (χ3n) is 3.06. The Labute approximate surface area is 119 Å². The van der Waals surface area contributed by atoms with Gasteiger partial charge in [-0.15, -0.1) is 0 Å². The highest BCUT2D eigenvalue weighted by molar-refractivity contribution is 6.31. The fraction of sp³-hybridized carbons (Fsp3) is 0.250. The average molecular weight is 276 g/mol. The van der Waals surface area contributed by atoms with E-state index in [9.17, 15) is 5.11 Å². The van der Waals surface area contributed by atoms with E-state index in [0.29, 0.717) is 11.8 Å². The standard InChI is InChI=1S/C16H18ClNO/c1-11-3-6-14(10-16(11)17)18-12(2)9-13-4-7-15(19)8-5-13/h3-8,10,12,18-19H,9H2,1-2H3. The SMILES string of the molecule is Cc1ccc(NC(C)Cc2ccc(O)cc2)cc1Cl. The molecule has 0 saturated carbocycles. The zero-order chi connectivity index (χ0) is 13.8. The van der Waals surface area contributed by atoms with Gasteiger partial charge in [0.2, 0.25) is 0 Å². The number of rotatable bonds is 4. The molecule has 3 heteroatoms. The van der Waals surface area contributed by atoms with Crippen LogP contribution in [0.1, 0.15) is 18.1 Å². The molecular formula is C16H18ClNO. The minimum atomic E-state index is 0.295. The largest absolute Gasteiger partial charge is 0.508 e. The topological polar surface area (TPSA) is 32.3 Å². The zero-order valence-corrected chi connectivity index (χ0v) is 11.9. The van der Waals surface area contributed by atoms with Crippen LogP contribution in [0.2, 0.25) is 5.02 Å². The fourth-order valence-electron chi connectivity index (χ4n) is 2.00. The Bertz CT molecular complexity index is 551. The first kappa shape index (κ1) is 13.8. The highest BCUT2D eigenvalue weighted by Crippen LogP contribution is 2.21. The molecule has 0 saturated heterocycles. The second kappa shape index (κ2) is 5.98. The van der Waals surface area contributed by atoms with E-state index in [2.05, 4.69) is 12.2 Å². The van der Waals surface area contributed by atoms with Crippen LogP contribution in [0.3, 0.4) is 0 Å². The lowest BCUT2D eigenvalue weighted by Gasteiger charge is -2.16. The number of halogens is 1. The average Bonchev–Trinajstić information content (AvgIpc) is 2.37. The van der Waals surface area contributed by atoms with Gasteiger partial charge >= 0.3 is 0 Å². The molecule has 0 aliphatic carbocycles. The summed E-state index contributed by atoms with van der Waals surface area (Å²) in [6, 6.07) is 13.6. The van der Waals surface area contributed by atoms with Crippen molar-refractivity contribution in [3.05, 3.63) is 58.6 Å². The molecule has 1 unspecified atom stereocenters. The highest BCUT2D eigenvalue weighted by atomic mass is 35.5. The second-order valence-electron chi connectivity index (χ2n) is 4.88. The summed E-state index contributed by atoms with van der Waals surface area (Å²) in [5, 5.41) is 13.5. The monoisotopic (exact) mass is 275 g/mol. The molecule has 2 rings (SSSR count). The van der Waals surface area contributed by atoms with Crippen molar-refractivity contribution in [2.24, 2.45) is 0 Å². The molecule has 0 bridgehead atoms. The molecule has 2 aromatic rings. The van der Waals surface area contributed by atoms with E-state index in [-0.39, 0.29) is 0 Å². The van der Waals surface area contributed by atoms with Crippen LogP contribution in [0.15, 0.2) is 42.5 Å². The van der Waals surface area contributed by atoms with E-state index in [1.54, 1.807) is 12.1 Å². The fourth-order valence-corrected chi connectivity index (χ4v) is 2.18. The smallest absolute Gasteiger partial charge is 0.115 e. The Balaban J connectivity index is 1.98. The van der Waals surface area contributed by atoms with Gasteiger partial charge in [-0.25, -0.2) is 0 Å². The number of aromatic hydroxyl groups is 1. The molecule has 0 fully saturated rings. The van der Waals surface area contributed by atoms with Gasteiger partial charge in [-0.1, -0.05) is 29.8 Å². The van der Waals surface area contributed by atoms with Crippen LogP contribution in [-0.2, 0) is 6.42 Å². The van der Waals surface area contributed by atoms with E-state index in [1.165, 1.54) is 5.56 Å².